The van der Waals surface area contributed by atoms with Gasteiger partial charge in [-0.2, -0.15) is 5.10 Å². The molecule has 22 heavy (non-hydrogen) atoms. The summed E-state index contributed by atoms with van der Waals surface area (Å²) in [4.78, 5) is 14.4. The highest BCUT2D eigenvalue weighted by Gasteiger charge is 2.31. The van der Waals surface area contributed by atoms with E-state index in [1.807, 2.05) is 4.90 Å². The van der Waals surface area contributed by atoms with Crippen LogP contribution in [0.3, 0.4) is 0 Å². The largest absolute Gasteiger partial charge is 0.383 e. The van der Waals surface area contributed by atoms with Crippen molar-refractivity contribution in [3.8, 4) is 12.3 Å². The third-order valence-electron chi connectivity index (χ3n) is 4.14. The molecule has 0 aliphatic carbocycles. The summed E-state index contributed by atoms with van der Waals surface area (Å²) >= 11 is 0. The van der Waals surface area contributed by atoms with Crippen LogP contribution >= 0.6 is 0 Å². The number of amides is 1. The van der Waals surface area contributed by atoms with Gasteiger partial charge in [0.05, 0.1) is 25.3 Å². The number of aryl methyl sites for hydroxylation is 1. The van der Waals surface area contributed by atoms with Crippen LogP contribution in [-0.4, -0.2) is 51.4 Å². The van der Waals surface area contributed by atoms with E-state index in [9.17, 15) is 9.90 Å². The minimum atomic E-state index is -1.14. The number of nitrogens with zero attached hydrogens (tertiary/aromatic N) is 3. The summed E-state index contributed by atoms with van der Waals surface area (Å²) in [6.07, 6.45) is 11.6. The molecule has 1 amide bonds. The van der Waals surface area contributed by atoms with Gasteiger partial charge in [0.2, 0.25) is 5.91 Å². The molecule has 0 radical (unpaired) electrons. The van der Waals surface area contributed by atoms with Crippen LogP contribution in [0.4, 0.5) is 0 Å². The fraction of sp³-hybridized carbons (Fsp3) is 0.625. The number of hydrogen-bond acceptors (Lipinski definition) is 4. The summed E-state index contributed by atoms with van der Waals surface area (Å²) < 4.78 is 1.63. The lowest BCUT2D eigenvalue weighted by Gasteiger charge is -2.34. The highest BCUT2D eigenvalue weighted by molar-refractivity contribution is 5.82. The van der Waals surface area contributed by atoms with E-state index in [1.54, 1.807) is 31.0 Å². The molecule has 0 unspecified atom stereocenters. The van der Waals surface area contributed by atoms with Gasteiger partial charge in [-0.05, 0) is 26.3 Å². The lowest BCUT2D eigenvalue weighted by atomic mass is 9.98. The van der Waals surface area contributed by atoms with Gasteiger partial charge in [-0.15, -0.1) is 6.42 Å². The van der Waals surface area contributed by atoms with Crippen LogP contribution in [0.1, 0.15) is 31.7 Å². The lowest BCUT2D eigenvalue weighted by molar-refractivity contribution is -0.128. The first-order valence-corrected chi connectivity index (χ1v) is 7.61. The quantitative estimate of drug-likeness (QED) is 0.764. The monoisotopic (exact) mass is 304 g/mol. The lowest BCUT2D eigenvalue weighted by Crippen LogP contribution is -2.51. The van der Waals surface area contributed by atoms with Crippen LogP contribution < -0.4 is 5.32 Å². The predicted molar refractivity (Wildman–Crippen MR) is 83.8 cm³/mol. The Balaban J connectivity index is 1.95. The maximum absolute atomic E-state index is 12.4. The number of rotatable bonds is 5. The number of terminal acetylenes is 1. The van der Waals surface area contributed by atoms with Crippen molar-refractivity contribution < 1.29 is 9.90 Å². The highest BCUT2D eigenvalue weighted by atomic mass is 16.3. The van der Waals surface area contributed by atoms with Gasteiger partial charge in [0.1, 0.15) is 5.60 Å². The molecule has 0 spiro atoms. The molecule has 120 valence electrons. The Morgan fingerprint density at radius 3 is 3.05 bits per heavy atom. The molecule has 6 nitrogen and oxygen atoms in total. The van der Waals surface area contributed by atoms with Gasteiger partial charge in [-0.1, -0.05) is 12.3 Å². The Morgan fingerprint density at radius 2 is 2.41 bits per heavy atom. The van der Waals surface area contributed by atoms with E-state index >= 15 is 0 Å². The van der Waals surface area contributed by atoms with E-state index < -0.39 is 5.60 Å². The summed E-state index contributed by atoms with van der Waals surface area (Å²) in [5.74, 6) is 2.54. The van der Waals surface area contributed by atoms with Gasteiger partial charge in [0, 0.05) is 18.8 Å². The Bertz CT molecular complexity index is 559. The molecule has 1 aliphatic rings. The van der Waals surface area contributed by atoms with E-state index in [0.717, 1.165) is 25.8 Å². The maximum atomic E-state index is 12.4. The summed E-state index contributed by atoms with van der Waals surface area (Å²) in [5.41, 5.74) is -0.463. The second-order valence-electron chi connectivity index (χ2n) is 6.08. The zero-order valence-corrected chi connectivity index (χ0v) is 13.2. The van der Waals surface area contributed by atoms with Gasteiger partial charge < -0.3 is 10.4 Å². The molecular weight excluding hydrogens is 280 g/mol. The average Bonchev–Trinajstić information content (AvgIpc) is 2.93. The molecule has 2 heterocycles. The van der Waals surface area contributed by atoms with Crippen molar-refractivity contribution >= 4 is 5.91 Å². The van der Waals surface area contributed by atoms with E-state index in [-0.39, 0.29) is 18.5 Å². The smallest absolute Gasteiger partial charge is 0.237 e. The number of carbonyl (C=O) groups is 1. The van der Waals surface area contributed by atoms with Crippen LogP contribution in [0, 0.1) is 12.3 Å². The van der Waals surface area contributed by atoms with Crippen LogP contribution in [0.25, 0.3) is 0 Å². The first kappa shape index (κ1) is 16.5. The number of nitrogens with one attached hydrogen (secondary N) is 1. The molecule has 0 saturated carbocycles. The molecule has 1 fully saturated rings. The van der Waals surface area contributed by atoms with Crippen LogP contribution in [0.2, 0.25) is 0 Å². The fourth-order valence-corrected chi connectivity index (χ4v) is 2.77. The van der Waals surface area contributed by atoms with E-state index in [1.165, 1.54) is 0 Å². The summed E-state index contributed by atoms with van der Waals surface area (Å²) in [5, 5.41) is 17.4. The minimum absolute atomic E-state index is 0.0703. The van der Waals surface area contributed by atoms with Gasteiger partial charge in [-0.3, -0.25) is 14.4 Å². The van der Waals surface area contributed by atoms with E-state index in [2.05, 4.69) is 16.3 Å². The number of carbonyl (C=O) groups excluding carboxylic acids is 1. The molecule has 6 heteroatoms. The topological polar surface area (TPSA) is 70.4 Å². The number of aliphatic hydroxyl groups is 1. The van der Waals surface area contributed by atoms with Gasteiger partial charge in [-0.25, -0.2) is 0 Å². The minimum Gasteiger partial charge on any atom is -0.383 e. The molecule has 2 atom stereocenters. The molecule has 1 aromatic rings. The molecule has 2 rings (SSSR count). The van der Waals surface area contributed by atoms with Crippen LogP contribution in [0.5, 0.6) is 0 Å². The molecule has 1 saturated heterocycles. The molecule has 1 aromatic heterocycles. The van der Waals surface area contributed by atoms with E-state index in [4.69, 9.17) is 6.42 Å². The van der Waals surface area contributed by atoms with Crippen molar-refractivity contribution in [2.45, 2.75) is 37.8 Å². The highest BCUT2D eigenvalue weighted by Crippen LogP contribution is 2.20. The Morgan fingerprint density at radius 1 is 1.64 bits per heavy atom. The van der Waals surface area contributed by atoms with Gasteiger partial charge in [0.15, 0.2) is 0 Å². The summed E-state index contributed by atoms with van der Waals surface area (Å²) in [7, 11) is 1.79. The predicted octanol–water partition coefficient (Wildman–Crippen LogP) is 0.232. The van der Waals surface area contributed by atoms with Crippen molar-refractivity contribution in [1.82, 2.24) is 20.0 Å². The second kappa shape index (κ2) is 6.95. The Kier molecular flexibility index (Phi) is 5.22. The average molecular weight is 304 g/mol. The first-order valence-electron chi connectivity index (χ1n) is 7.61. The van der Waals surface area contributed by atoms with E-state index in [0.29, 0.717) is 12.1 Å². The third-order valence-corrected chi connectivity index (χ3v) is 4.14. The number of aromatic nitrogens is 2. The third kappa shape index (κ3) is 3.87. The van der Waals surface area contributed by atoms with Crippen molar-refractivity contribution in [2.24, 2.45) is 7.05 Å². The van der Waals surface area contributed by atoms with Crippen molar-refractivity contribution in [2.75, 3.05) is 19.6 Å². The second-order valence-corrected chi connectivity index (χ2v) is 6.08. The standard InChI is InChI=1S/C16H24N4O2/c1-4-8-20-9-6-5-7-14(20)15(21)17-12-16(2,22)13-10-18-19(3)11-13/h1,10-11,14,22H,5-9,12H2,2-3H3,(H,17,21)/t14-,16+/m0/s1. The zero-order valence-electron chi connectivity index (χ0n) is 13.2. The van der Waals surface area contributed by atoms with Crippen LogP contribution in [0.15, 0.2) is 12.4 Å². The summed E-state index contributed by atoms with van der Waals surface area (Å²) in [6.45, 7) is 3.15. The number of likely N-dealkylation sites (tertiary alicyclic amines) is 1. The van der Waals surface area contributed by atoms with Gasteiger partial charge >= 0.3 is 0 Å². The molecule has 0 aromatic carbocycles. The Labute approximate surface area is 131 Å². The molecule has 0 bridgehead atoms. The van der Waals surface area contributed by atoms with Crippen molar-refractivity contribution in [3.05, 3.63) is 18.0 Å². The molecular formula is C16H24N4O2. The SMILES string of the molecule is C#CCN1CCCC[C@H]1C(=O)NC[C@@](C)(O)c1cnn(C)c1. The molecule has 1 aliphatic heterocycles. The van der Waals surface area contributed by atoms with Crippen LogP contribution in [-0.2, 0) is 17.4 Å². The van der Waals surface area contributed by atoms with Crippen molar-refractivity contribution in [1.29, 1.82) is 0 Å². The normalized spacial score (nSPS) is 21.8. The summed E-state index contributed by atoms with van der Waals surface area (Å²) in [6, 6.07) is -0.200. The van der Waals surface area contributed by atoms with Crippen molar-refractivity contribution in [3.63, 3.8) is 0 Å². The number of hydrogen-bond donors (Lipinski definition) is 2. The first-order chi connectivity index (χ1) is 10.4. The van der Waals surface area contributed by atoms with Gasteiger partial charge in [0.25, 0.3) is 0 Å². The zero-order chi connectivity index (χ0) is 16.2. The Hall–Kier alpha value is -1.84. The maximum Gasteiger partial charge on any atom is 0.237 e. The fourth-order valence-electron chi connectivity index (χ4n) is 2.77. The molecule has 2 N–H and O–H groups in total. The number of piperidine rings is 1.